The molecule has 3 heteroatoms. The SMILES string of the molecule is CC(O)Cc1ccc(OCCCCCO)cc1. The summed E-state index contributed by atoms with van der Waals surface area (Å²) in [6, 6.07) is 7.83. The minimum Gasteiger partial charge on any atom is -0.494 e. The van der Waals surface area contributed by atoms with Gasteiger partial charge >= 0.3 is 0 Å². The van der Waals surface area contributed by atoms with E-state index in [0.29, 0.717) is 13.0 Å². The van der Waals surface area contributed by atoms with Gasteiger partial charge in [0.1, 0.15) is 5.75 Å². The lowest BCUT2D eigenvalue weighted by atomic mass is 10.1. The van der Waals surface area contributed by atoms with Crippen LogP contribution in [-0.4, -0.2) is 29.5 Å². The molecule has 0 spiro atoms. The van der Waals surface area contributed by atoms with Gasteiger partial charge in [0, 0.05) is 6.61 Å². The van der Waals surface area contributed by atoms with Crippen molar-refractivity contribution in [1.29, 1.82) is 0 Å². The highest BCUT2D eigenvalue weighted by molar-refractivity contribution is 5.27. The number of benzene rings is 1. The maximum absolute atomic E-state index is 9.25. The van der Waals surface area contributed by atoms with E-state index in [-0.39, 0.29) is 12.7 Å². The second-order valence-electron chi connectivity index (χ2n) is 4.33. The number of unbranched alkanes of at least 4 members (excludes halogenated alkanes) is 2. The molecule has 0 saturated heterocycles. The van der Waals surface area contributed by atoms with Gasteiger partial charge in [0.15, 0.2) is 0 Å². The highest BCUT2D eigenvalue weighted by Crippen LogP contribution is 2.14. The summed E-state index contributed by atoms with van der Waals surface area (Å²) in [7, 11) is 0. The van der Waals surface area contributed by atoms with Crippen LogP contribution in [0.4, 0.5) is 0 Å². The van der Waals surface area contributed by atoms with E-state index in [1.807, 2.05) is 24.3 Å². The van der Waals surface area contributed by atoms with E-state index in [1.54, 1.807) is 6.92 Å². The quantitative estimate of drug-likeness (QED) is 0.682. The van der Waals surface area contributed by atoms with E-state index in [1.165, 1.54) is 0 Å². The molecule has 1 rings (SSSR count). The van der Waals surface area contributed by atoms with Crippen molar-refractivity contribution in [3.8, 4) is 5.75 Å². The van der Waals surface area contributed by atoms with Gasteiger partial charge in [-0.15, -0.1) is 0 Å². The normalized spacial score (nSPS) is 12.4. The van der Waals surface area contributed by atoms with Crippen LogP contribution in [0, 0.1) is 0 Å². The zero-order chi connectivity index (χ0) is 12.5. The van der Waals surface area contributed by atoms with Gasteiger partial charge < -0.3 is 14.9 Å². The second-order valence-corrected chi connectivity index (χ2v) is 4.33. The Morgan fingerprint density at radius 2 is 1.82 bits per heavy atom. The molecule has 1 unspecified atom stereocenters. The van der Waals surface area contributed by atoms with Crippen LogP contribution in [0.5, 0.6) is 5.75 Å². The van der Waals surface area contributed by atoms with Crippen molar-refractivity contribution in [3.63, 3.8) is 0 Å². The van der Waals surface area contributed by atoms with Crippen LogP contribution in [0.1, 0.15) is 31.7 Å². The smallest absolute Gasteiger partial charge is 0.119 e. The van der Waals surface area contributed by atoms with E-state index < -0.39 is 0 Å². The summed E-state index contributed by atoms with van der Waals surface area (Å²) in [6.07, 6.45) is 3.18. The van der Waals surface area contributed by atoms with Crippen molar-refractivity contribution in [3.05, 3.63) is 29.8 Å². The minimum absolute atomic E-state index is 0.258. The Morgan fingerprint density at radius 1 is 1.12 bits per heavy atom. The van der Waals surface area contributed by atoms with Gasteiger partial charge in [-0.2, -0.15) is 0 Å². The standard InChI is InChI=1S/C14H22O3/c1-12(16)11-13-5-7-14(8-6-13)17-10-4-2-3-9-15/h5-8,12,15-16H,2-4,9-11H2,1H3. The molecule has 0 aliphatic rings. The zero-order valence-electron chi connectivity index (χ0n) is 10.4. The third-order valence-electron chi connectivity index (χ3n) is 2.53. The molecule has 0 saturated carbocycles. The molecule has 17 heavy (non-hydrogen) atoms. The summed E-state index contributed by atoms with van der Waals surface area (Å²) < 4.78 is 5.57. The zero-order valence-corrected chi connectivity index (χ0v) is 10.4. The van der Waals surface area contributed by atoms with Crippen molar-refractivity contribution in [2.24, 2.45) is 0 Å². The van der Waals surface area contributed by atoms with Crippen LogP contribution in [-0.2, 0) is 6.42 Å². The van der Waals surface area contributed by atoms with Crippen LogP contribution in [0.3, 0.4) is 0 Å². The molecule has 96 valence electrons. The minimum atomic E-state index is -0.305. The van der Waals surface area contributed by atoms with Crippen LogP contribution in [0.25, 0.3) is 0 Å². The van der Waals surface area contributed by atoms with Crippen molar-refractivity contribution in [2.75, 3.05) is 13.2 Å². The van der Waals surface area contributed by atoms with Gasteiger partial charge in [-0.25, -0.2) is 0 Å². The van der Waals surface area contributed by atoms with Crippen LogP contribution >= 0.6 is 0 Å². The third-order valence-corrected chi connectivity index (χ3v) is 2.53. The molecule has 0 fully saturated rings. The first-order valence-corrected chi connectivity index (χ1v) is 6.23. The van der Waals surface area contributed by atoms with Crippen molar-refractivity contribution in [2.45, 2.75) is 38.7 Å². The molecule has 0 radical (unpaired) electrons. The van der Waals surface area contributed by atoms with Gasteiger partial charge in [-0.1, -0.05) is 12.1 Å². The molecule has 0 aliphatic heterocycles. The van der Waals surface area contributed by atoms with Gasteiger partial charge in [0.2, 0.25) is 0 Å². The molecule has 1 aromatic rings. The Bertz CT molecular complexity index is 293. The van der Waals surface area contributed by atoms with Gasteiger partial charge in [-0.05, 0) is 50.3 Å². The summed E-state index contributed by atoms with van der Waals surface area (Å²) >= 11 is 0. The molecular formula is C14H22O3. The lowest BCUT2D eigenvalue weighted by Crippen LogP contribution is -2.04. The van der Waals surface area contributed by atoms with Gasteiger partial charge in [0.25, 0.3) is 0 Å². The molecule has 0 bridgehead atoms. The van der Waals surface area contributed by atoms with E-state index in [0.717, 1.165) is 30.6 Å². The average molecular weight is 238 g/mol. The summed E-state index contributed by atoms with van der Waals surface area (Å²) in [5.41, 5.74) is 1.12. The van der Waals surface area contributed by atoms with Crippen molar-refractivity contribution >= 4 is 0 Å². The predicted octanol–water partition coefficient (Wildman–Crippen LogP) is 2.15. The lowest BCUT2D eigenvalue weighted by Gasteiger charge is -2.08. The Morgan fingerprint density at radius 3 is 2.41 bits per heavy atom. The van der Waals surface area contributed by atoms with Gasteiger partial charge in [0.05, 0.1) is 12.7 Å². The molecule has 0 aliphatic carbocycles. The van der Waals surface area contributed by atoms with E-state index in [9.17, 15) is 5.11 Å². The van der Waals surface area contributed by atoms with Gasteiger partial charge in [-0.3, -0.25) is 0 Å². The highest BCUT2D eigenvalue weighted by atomic mass is 16.5. The summed E-state index contributed by atoms with van der Waals surface area (Å²) in [6.45, 7) is 2.73. The van der Waals surface area contributed by atoms with E-state index in [2.05, 4.69) is 0 Å². The van der Waals surface area contributed by atoms with Crippen LogP contribution < -0.4 is 4.74 Å². The molecule has 2 N–H and O–H groups in total. The number of rotatable bonds is 8. The van der Waals surface area contributed by atoms with Crippen molar-refractivity contribution in [1.82, 2.24) is 0 Å². The fraction of sp³-hybridized carbons (Fsp3) is 0.571. The number of hydrogen-bond acceptors (Lipinski definition) is 3. The first-order chi connectivity index (χ1) is 8.22. The average Bonchev–Trinajstić information content (AvgIpc) is 2.30. The summed E-state index contributed by atoms with van der Waals surface area (Å²) in [4.78, 5) is 0. The molecule has 1 aromatic carbocycles. The molecule has 3 nitrogen and oxygen atoms in total. The molecule has 0 aromatic heterocycles. The highest BCUT2D eigenvalue weighted by Gasteiger charge is 1.99. The lowest BCUT2D eigenvalue weighted by molar-refractivity contribution is 0.195. The number of aliphatic hydroxyl groups is 2. The monoisotopic (exact) mass is 238 g/mol. The second kappa shape index (κ2) is 8.09. The molecule has 0 heterocycles. The maximum Gasteiger partial charge on any atom is 0.119 e. The molecule has 0 amide bonds. The molecular weight excluding hydrogens is 216 g/mol. The first-order valence-electron chi connectivity index (χ1n) is 6.23. The van der Waals surface area contributed by atoms with E-state index in [4.69, 9.17) is 9.84 Å². The van der Waals surface area contributed by atoms with E-state index >= 15 is 0 Å². The fourth-order valence-corrected chi connectivity index (χ4v) is 1.64. The predicted molar refractivity (Wildman–Crippen MR) is 68.3 cm³/mol. The number of aliphatic hydroxyl groups excluding tert-OH is 2. The molecule has 1 atom stereocenters. The topological polar surface area (TPSA) is 49.7 Å². The number of hydrogen-bond donors (Lipinski definition) is 2. The maximum atomic E-state index is 9.25. The Labute approximate surface area is 103 Å². The van der Waals surface area contributed by atoms with Crippen LogP contribution in [0.15, 0.2) is 24.3 Å². The fourth-order valence-electron chi connectivity index (χ4n) is 1.64. The Balaban J connectivity index is 2.25. The summed E-state index contributed by atoms with van der Waals surface area (Å²) in [5.74, 6) is 0.864. The first kappa shape index (κ1) is 14.0. The summed E-state index contributed by atoms with van der Waals surface area (Å²) in [5, 5.41) is 17.9. The Hall–Kier alpha value is -1.06. The largest absolute Gasteiger partial charge is 0.494 e. The van der Waals surface area contributed by atoms with Crippen LogP contribution in [0.2, 0.25) is 0 Å². The van der Waals surface area contributed by atoms with Crippen molar-refractivity contribution < 1.29 is 14.9 Å². The Kier molecular flexibility index (Phi) is 6.67. The number of ether oxygens (including phenoxy) is 1. The third kappa shape index (κ3) is 6.29.